The number of hydrogen-bond donors (Lipinski definition) is 0. The van der Waals surface area contributed by atoms with Gasteiger partial charge in [0.2, 0.25) is 0 Å². The van der Waals surface area contributed by atoms with Crippen molar-refractivity contribution in [3.8, 4) is 5.75 Å². The van der Waals surface area contributed by atoms with Crippen molar-refractivity contribution in [3.05, 3.63) is 29.8 Å². The third-order valence-electron chi connectivity index (χ3n) is 2.17. The number of hydrogen-bond acceptors (Lipinski definition) is 2. The van der Waals surface area contributed by atoms with Crippen LogP contribution in [0.15, 0.2) is 24.3 Å². The zero-order valence-corrected chi connectivity index (χ0v) is 6.69. The van der Waals surface area contributed by atoms with Crippen LogP contribution in [0, 0.1) is 0 Å². The smallest absolute Gasteiger partial charge is 0.127 e. The molecule has 2 heteroatoms. The lowest BCUT2D eigenvalue weighted by atomic mass is 9.95. The van der Waals surface area contributed by atoms with Crippen LogP contribution in [0.3, 0.4) is 0 Å². The summed E-state index contributed by atoms with van der Waals surface area (Å²) in [7, 11) is 0. The molecule has 1 aromatic rings. The highest BCUT2D eigenvalue weighted by Gasteiger charge is 2.19. The van der Waals surface area contributed by atoms with Crippen molar-refractivity contribution in [1.82, 2.24) is 0 Å². The Morgan fingerprint density at radius 1 is 1.42 bits per heavy atom. The molecule has 0 saturated heterocycles. The van der Waals surface area contributed by atoms with Crippen molar-refractivity contribution in [2.45, 2.75) is 12.3 Å². The third-order valence-corrected chi connectivity index (χ3v) is 2.17. The summed E-state index contributed by atoms with van der Waals surface area (Å²) in [5, 5.41) is 0. The summed E-state index contributed by atoms with van der Waals surface area (Å²) in [6, 6.07) is 7.72. The van der Waals surface area contributed by atoms with Gasteiger partial charge in [0.25, 0.3) is 0 Å². The lowest BCUT2D eigenvalue weighted by Gasteiger charge is -2.21. The fraction of sp³-hybridized carbons (Fsp3) is 0.300. The van der Waals surface area contributed by atoms with Crippen LogP contribution in [-0.2, 0) is 4.79 Å². The van der Waals surface area contributed by atoms with Crippen LogP contribution >= 0.6 is 0 Å². The fourth-order valence-electron chi connectivity index (χ4n) is 1.51. The van der Waals surface area contributed by atoms with Gasteiger partial charge in [0.15, 0.2) is 0 Å². The van der Waals surface area contributed by atoms with Crippen molar-refractivity contribution in [2.75, 3.05) is 6.61 Å². The summed E-state index contributed by atoms with van der Waals surface area (Å²) in [6.07, 6.45) is 1.81. The van der Waals surface area contributed by atoms with Crippen molar-refractivity contribution in [3.63, 3.8) is 0 Å². The first-order chi connectivity index (χ1) is 5.92. The number of benzene rings is 1. The van der Waals surface area contributed by atoms with E-state index in [2.05, 4.69) is 0 Å². The number of carbonyl (C=O) groups is 1. The minimum Gasteiger partial charge on any atom is -0.493 e. The molecular formula is C10H10O2. The molecule has 0 aromatic heterocycles. The Morgan fingerprint density at radius 3 is 3.08 bits per heavy atom. The molecule has 0 unspecified atom stereocenters. The van der Waals surface area contributed by atoms with E-state index in [9.17, 15) is 4.79 Å². The van der Waals surface area contributed by atoms with Crippen molar-refractivity contribution in [1.29, 1.82) is 0 Å². The highest BCUT2D eigenvalue weighted by molar-refractivity contribution is 5.65. The first-order valence-corrected chi connectivity index (χ1v) is 4.09. The maximum Gasteiger partial charge on any atom is 0.127 e. The number of carbonyl (C=O) groups excluding carboxylic acids is 1. The second-order valence-corrected chi connectivity index (χ2v) is 2.92. The molecule has 0 amide bonds. The quantitative estimate of drug-likeness (QED) is 0.588. The molecule has 1 aromatic carbocycles. The average molecular weight is 162 g/mol. The van der Waals surface area contributed by atoms with Gasteiger partial charge >= 0.3 is 0 Å². The summed E-state index contributed by atoms with van der Waals surface area (Å²) in [6.45, 7) is 0.653. The van der Waals surface area contributed by atoms with Crippen molar-refractivity contribution in [2.24, 2.45) is 0 Å². The van der Waals surface area contributed by atoms with E-state index in [-0.39, 0.29) is 5.92 Å². The molecule has 0 radical (unpaired) electrons. The van der Waals surface area contributed by atoms with E-state index in [0.717, 1.165) is 24.0 Å². The van der Waals surface area contributed by atoms with Gasteiger partial charge in [-0.05, 0) is 12.5 Å². The standard InChI is InChI=1S/C10H10O2/c11-7-8-5-6-12-10-4-2-1-3-9(8)10/h1-4,7-8H,5-6H2/t8-/m0/s1. The first kappa shape index (κ1) is 7.35. The summed E-state index contributed by atoms with van der Waals surface area (Å²) >= 11 is 0. The van der Waals surface area contributed by atoms with E-state index in [1.807, 2.05) is 24.3 Å². The zero-order chi connectivity index (χ0) is 8.39. The third kappa shape index (κ3) is 1.09. The van der Waals surface area contributed by atoms with Gasteiger partial charge in [-0.2, -0.15) is 0 Å². The maximum atomic E-state index is 10.7. The van der Waals surface area contributed by atoms with Crippen LogP contribution < -0.4 is 4.74 Å². The lowest BCUT2D eigenvalue weighted by molar-refractivity contribution is -0.109. The summed E-state index contributed by atoms with van der Waals surface area (Å²) in [4.78, 5) is 10.7. The Balaban J connectivity index is 2.43. The Hall–Kier alpha value is -1.31. The Labute approximate surface area is 71.2 Å². The number of fused-ring (bicyclic) bond motifs is 1. The van der Waals surface area contributed by atoms with Crippen LogP contribution in [0.4, 0.5) is 0 Å². The second kappa shape index (κ2) is 2.97. The van der Waals surface area contributed by atoms with Crippen molar-refractivity contribution >= 4 is 6.29 Å². The minimum absolute atomic E-state index is 0.0370. The monoisotopic (exact) mass is 162 g/mol. The number of aldehydes is 1. The van der Waals surface area contributed by atoms with Crippen LogP contribution in [0.2, 0.25) is 0 Å². The van der Waals surface area contributed by atoms with E-state index in [1.165, 1.54) is 0 Å². The summed E-state index contributed by atoms with van der Waals surface area (Å²) < 4.78 is 5.40. The lowest BCUT2D eigenvalue weighted by Crippen LogP contribution is -2.14. The molecular weight excluding hydrogens is 152 g/mol. The molecule has 0 fully saturated rings. The Morgan fingerprint density at radius 2 is 2.25 bits per heavy atom. The van der Waals surface area contributed by atoms with Crippen LogP contribution in [0.5, 0.6) is 5.75 Å². The molecule has 2 rings (SSSR count). The van der Waals surface area contributed by atoms with Gasteiger partial charge in [0.05, 0.1) is 6.61 Å². The molecule has 1 aliphatic heterocycles. The van der Waals surface area contributed by atoms with Gasteiger partial charge < -0.3 is 9.53 Å². The first-order valence-electron chi connectivity index (χ1n) is 4.09. The largest absolute Gasteiger partial charge is 0.493 e. The summed E-state index contributed by atoms with van der Waals surface area (Å²) in [5.41, 5.74) is 1.03. The normalized spacial score (nSPS) is 20.8. The minimum atomic E-state index is 0.0370. The number of ether oxygens (including phenoxy) is 1. The molecule has 0 N–H and O–H groups in total. The van der Waals surface area contributed by atoms with Gasteiger partial charge in [0.1, 0.15) is 12.0 Å². The number of rotatable bonds is 1. The molecule has 1 heterocycles. The van der Waals surface area contributed by atoms with E-state index >= 15 is 0 Å². The van der Waals surface area contributed by atoms with Crippen LogP contribution in [-0.4, -0.2) is 12.9 Å². The Bertz CT molecular complexity index is 294. The van der Waals surface area contributed by atoms with Crippen molar-refractivity contribution < 1.29 is 9.53 Å². The molecule has 1 aliphatic rings. The highest BCUT2D eigenvalue weighted by atomic mass is 16.5. The molecule has 0 aliphatic carbocycles. The molecule has 1 atom stereocenters. The SMILES string of the molecule is O=C[C@@H]1CCOc2ccccc21. The molecule has 0 spiro atoms. The van der Waals surface area contributed by atoms with E-state index in [0.29, 0.717) is 6.61 Å². The molecule has 2 nitrogen and oxygen atoms in total. The number of para-hydroxylation sites is 1. The van der Waals surface area contributed by atoms with E-state index in [1.54, 1.807) is 0 Å². The van der Waals surface area contributed by atoms with E-state index in [4.69, 9.17) is 4.74 Å². The predicted molar refractivity (Wildman–Crippen MR) is 45.4 cm³/mol. The fourth-order valence-corrected chi connectivity index (χ4v) is 1.51. The highest BCUT2D eigenvalue weighted by Crippen LogP contribution is 2.31. The van der Waals surface area contributed by atoms with Gasteiger partial charge in [0, 0.05) is 11.5 Å². The average Bonchev–Trinajstić information content (AvgIpc) is 2.17. The maximum absolute atomic E-state index is 10.7. The molecule has 12 heavy (non-hydrogen) atoms. The predicted octanol–water partition coefficient (Wildman–Crippen LogP) is 1.75. The molecule has 62 valence electrons. The zero-order valence-electron chi connectivity index (χ0n) is 6.69. The topological polar surface area (TPSA) is 26.3 Å². The van der Waals surface area contributed by atoms with Crippen LogP contribution in [0.1, 0.15) is 17.9 Å². The van der Waals surface area contributed by atoms with Crippen LogP contribution in [0.25, 0.3) is 0 Å². The van der Waals surface area contributed by atoms with Gasteiger partial charge in [-0.25, -0.2) is 0 Å². The second-order valence-electron chi connectivity index (χ2n) is 2.92. The summed E-state index contributed by atoms with van der Waals surface area (Å²) in [5.74, 6) is 0.899. The van der Waals surface area contributed by atoms with Gasteiger partial charge in [-0.1, -0.05) is 18.2 Å². The van der Waals surface area contributed by atoms with E-state index < -0.39 is 0 Å². The molecule has 0 saturated carbocycles. The van der Waals surface area contributed by atoms with Gasteiger partial charge in [-0.15, -0.1) is 0 Å². The van der Waals surface area contributed by atoms with Gasteiger partial charge in [-0.3, -0.25) is 0 Å². The molecule has 0 bridgehead atoms. The Kier molecular flexibility index (Phi) is 1.82.